The first-order valence-electron chi connectivity index (χ1n) is 7.88. The second-order valence-corrected chi connectivity index (χ2v) is 6.51. The Morgan fingerprint density at radius 2 is 2.29 bits per heavy atom. The molecule has 0 spiro atoms. The van der Waals surface area contributed by atoms with Gasteiger partial charge in [-0.1, -0.05) is 25.8 Å². The molecule has 0 bridgehead atoms. The number of carbonyl (C=O) groups excluding carboxylic acids is 1. The number of nitrogens with zero attached hydrogens (tertiary/aromatic N) is 1. The van der Waals surface area contributed by atoms with Crippen molar-refractivity contribution in [2.45, 2.75) is 58.3 Å². The van der Waals surface area contributed by atoms with Gasteiger partial charge in [-0.05, 0) is 31.7 Å². The number of carbonyl (C=O) groups is 1. The highest BCUT2D eigenvalue weighted by Crippen LogP contribution is 2.31. The largest absolute Gasteiger partial charge is 0.380 e. The van der Waals surface area contributed by atoms with Crippen LogP contribution in [-0.4, -0.2) is 36.1 Å². The molecule has 1 aliphatic rings. The second kappa shape index (κ2) is 7.92. The van der Waals surface area contributed by atoms with Crippen molar-refractivity contribution in [2.24, 2.45) is 0 Å². The van der Waals surface area contributed by atoms with Gasteiger partial charge in [0, 0.05) is 11.5 Å². The van der Waals surface area contributed by atoms with Crippen LogP contribution in [-0.2, 0) is 9.53 Å². The lowest BCUT2D eigenvalue weighted by molar-refractivity contribution is -0.133. The van der Waals surface area contributed by atoms with E-state index in [1.165, 1.54) is 4.88 Å². The maximum absolute atomic E-state index is 12.7. The topological polar surface area (TPSA) is 41.6 Å². The molecule has 1 amide bonds. The van der Waals surface area contributed by atoms with E-state index in [1.807, 2.05) is 17.9 Å². The summed E-state index contributed by atoms with van der Waals surface area (Å²) < 4.78 is 5.52. The zero-order valence-corrected chi connectivity index (χ0v) is 14.0. The molecule has 1 aromatic heterocycles. The number of hydrogen-bond donors (Lipinski definition) is 1. The zero-order chi connectivity index (χ0) is 15.2. The Hall–Kier alpha value is -0.910. The van der Waals surface area contributed by atoms with Gasteiger partial charge in [0.25, 0.3) is 0 Å². The molecule has 0 saturated carbocycles. The molecule has 118 valence electrons. The number of thiophene rings is 1. The molecule has 0 radical (unpaired) electrons. The molecule has 2 heterocycles. The first-order chi connectivity index (χ1) is 10.2. The highest BCUT2D eigenvalue weighted by atomic mass is 32.1. The maximum Gasteiger partial charge on any atom is 0.241 e. The Bertz CT molecular complexity index is 435. The normalized spacial score (nSPS) is 23.8. The van der Waals surface area contributed by atoms with E-state index in [1.54, 1.807) is 11.3 Å². The summed E-state index contributed by atoms with van der Waals surface area (Å²) in [4.78, 5) is 15.9. The lowest BCUT2D eigenvalue weighted by atomic mass is 10.1. The maximum atomic E-state index is 12.7. The van der Waals surface area contributed by atoms with E-state index in [4.69, 9.17) is 4.74 Å². The standard InChI is InChI=1S/C16H26N2O2S/c1-4-6-8-13-16(19)18(12(3)11-20-5-2)15(17-13)14-9-7-10-21-14/h7,9-10,12-13,15,17H,4-6,8,11H2,1-3H3. The fourth-order valence-electron chi connectivity index (χ4n) is 2.77. The van der Waals surface area contributed by atoms with Gasteiger partial charge in [0.05, 0.1) is 18.7 Å². The third kappa shape index (κ3) is 3.84. The van der Waals surface area contributed by atoms with Gasteiger partial charge in [-0.2, -0.15) is 0 Å². The van der Waals surface area contributed by atoms with Gasteiger partial charge in [-0.15, -0.1) is 11.3 Å². The zero-order valence-electron chi connectivity index (χ0n) is 13.2. The predicted molar refractivity (Wildman–Crippen MR) is 86.3 cm³/mol. The lowest BCUT2D eigenvalue weighted by Gasteiger charge is -2.29. The molecule has 0 aliphatic carbocycles. The minimum atomic E-state index is -0.0545. The van der Waals surface area contributed by atoms with E-state index in [2.05, 4.69) is 30.6 Å². The van der Waals surface area contributed by atoms with Gasteiger partial charge in [-0.3, -0.25) is 10.1 Å². The van der Waals surface area contributed by atoms with E-state index in [0.717, 1.165) is 19.3 Å². The molecule has 21 heavy (non-hydrogen) atoms. The van der Waals surface area contributed by atoms with Crippen molar-refractivity contribution in [3.05, 3.63) is 22.4 Å². The second-order valence-electron chi connectivity index (χ2n) is 5.53. The summed E-state index contributed by atoms with van der Waals surface area (Å²) in [7, 11) is 0. The molecule has 2 rings (SSSR count). The van der Waals surface area contributed by atoms with E-state index in [0.29, 0.717) is 13.2 Å². The van der Waals surface area contributed by atoms with Gasteiger partial charge in [0.15, 0.2) is 0 Å². The summed E-state index contributed by atoms with van der Waals surface area (Å²) >= 11 is 1.70. The summed E-state index contributed by atoms with van der Waals surface area (Å²) in [5, 5.41) is 5.58. The van der Waals surface area contributed by atoms with E-state index < -0.39 is 0 Å². The van der Waals surface area contributed by atoms with Crippen LogP contribution < -0.4 is 5.32 Å². The number of amides is 1. The lowest BCUT2D eigenvalue weighted by Crippen LogP contribution is -2.41. The predicted octanol–water partition coefficient (Wildman–Crippen LogP) is 3.16. The smallest absolute Gasteiger partial charge is 0.241 e. The van der Waals surface area contributed by atoms with Crippen molar-refractivity contribution >= 4 is 17.2 Å². The molecule has 3 unspecified atom stereocenters. The molecule has 1 aromatic rings. The van der Waals surface area contributed by atoms with E-state index in [-0.39, 0.29) is 24.2 Å². The summed E-state index contributed by atoms with van der Waals surface area (Å²) in [5.74, 6) is 0.217. The quantitative estimate of drug-likeness (QED) is 0.802. The van der Waals surface area contributed by atoms with Gasteiger partial charge >= 0.3 is 0 Å². The van der Waals surface area contributed by atoms with Crippen LogP contribution in [0.3, 0.4) is 0 Å². The fourth-order valence-corrected chi connectivity index (χ4v) is 3.55. The van der Waals surface area contributed by atoms with Gasteiger partial charge in [0.2, 0.25) is 5.91 Å². The molecule has 0 aromatic carbocycles. The highest BCUT2D eigenvalue weighted by Gasteiger charge is 2.41. The summed E-state index contributed by atoms with van der Waals surface area (Å²) in [5.41, 5.74) is 0. The summed E-state index contributed by atoms with van der Waals surface area (Å²) in [6.07, 6.45) is 3.10. The molecule has 1 aliphatic heterocycles. The minimum Gasteiger partial charge on any atom is -0.380 e. The first-order valence-corrected chi connectivity index (χ1v) is 8.76. The van der Waals surface area contributed by atoms with Crippen LogP contribution >= 0.6 is 11.3 Å². The van der Waals surface area contributed by atoms with E-state index >= 15 is 0 Å². The first kappa shape index (κ1) is 16.5. The van der Waals surface area contributed by atoms with Crippen LogP contribution in [0.5, 0.6) is 0 Å². The van der Waals surface area contributed by atoms with Crippen molar-refractivity contribution in [3.8, 4) is 0 Å². The fraction of sp³-hybridized carbons (Fsp3) is 0.688. The number of nitrogens with one attached hydrogen (secondary N) is 1. The van der Waals surface area contributed by atoms with Crippen LogP contribution in [0, 0.1) is 0 Å². The van der Waals surface area contributed by atoms with Crippen LogP contribution in [0.1, 0.15) is 51.1 Å². The minimum absolute atomic E-state index is 0.00480. The number of ether oxygens (including phenoxy) is 1. The average molecular weight is 310 g/mol. The van der Waals surface area contributed by atoms with Crippen LogP contribution in [0.15, 0.2) is 17.5 Å². The number of unbranched alkanes of at least 4 members (excludes halogenated alkanes) is 1. The Balaban J connectivity index is 2.13. The van der Waals surface area contributed by atoms with Gasteiger partial charge in [-0.25, -0.2) is 0 Å². The van der Waals surface area contributed by atoms with Crippen molar-refractivity contribution < 1.29 is 9.53 Å². The molecule has 3 atom stereocenters. The number of hydrogen-bond acceptors (Lipinski definition) is 4. The van der Waals surface area contributed by atoms with Crippen LogP contribution in [0.4, 0.5) is 0 Å². The van der Waals surface area contributed by atoms with Crippen molar-refractivity contribution in [3.63, 3.8) is 0 Å². The molecule has 1 fully saturated rings. The van der Waals surface area contributed by atoms with Crippen molar-refractivity contribution in [1.82, 2.24) is 10.2 Å². The average Bonchev–Trinajstić information content (AvgIpc) is 3.10. The molecule has 1 N–H and O–H groups in total. The Morgan fingerprint density at radius 3 is 2.90 bits per heavy atom. The molecular weight excluding hydrogens is 284 g/mol. The highest BCUT2D eigenvalue weighted by molar-refractivity contribution is 7.10. The molecular formula is C16H26N2O2S. The summed E-state index contributed by atoms with van der Waals surface area (Å²) in [6.45, 7) is 7.48. The molecule has 4 nitrogen and oxygen atoms in total. The monoisotopic (exact) mass is 310 g/mol. The molecule has 5 heteroatoms. The van der Waals surface area contributed by atoms with Crippen LogP contribution in [0.2, 0.25) is 0 Å². The van der Waals surface area contributed by atoms with Crippen molar-refractivity contribution in [1.29, 1.82) is 0 Å². The van der Waals surface area contributed by atoms with Crippen molar-refractivity contribution in [2.75, 3.05) is 13.2 Å². The SMILES string of the molecule is CCCCC1NC(c2cccs2)N(C(C)COCC)C1=O. The molecule has 1 saturated heterocycles. The Labute approximate surface area is 131 Å². The van der Waals surface area contributed by atoms with Gasteiger partial charge in [0.1, 0.15) is 6.17 Å². The Morgan fingerprint density at radius 1 is 1.48 bits per heavy atom. The third-order valence-corrected chi connectivity index (χ3v) is 4.81. The van der Waals surface area contributed by atoms with E-state index in [9.17, 15) is 4.79 Å². The third-order valence-electron chi connectivity index (χ3n) is 3.89. The Kier molecular flexibility index (Phi) is 6.21. The van der Waals surface area contributed by atoms with Crippen LogP contribution in [0.25, 0.3) is 0 Å². The van der Waals surface area contributed by atoms with Gasteiger partial charge < -0.3 is 9.64 Å². The summed E-state index contributed by atoms with van der Waals surface area (Å²) in [6, 6.07) is 4.17. The number of rotatable bonds is 8.